The average Bonchev–Trinajstić information content (AvgIpc) is 2.78. The molecule has 0 aliphatic carbocycles. The van der Waals surface area contributed by atoms with Gasteiger partial charge >= 0.3 is 5.97 Å². The van der Waals surface area contributed by atoms with E-state index in [-0.39, 0.29) is 0 Å². The number of ether oxygens (including phenoxy) is 1. The number of piperidine rings is 1. The summed E-state index contributed by atoms with van der Waals surface area (Å²) >= 11 is 0. The first-order chi connectivity index (χ1) is 7.31. The molecule has 1 fully saturated rings. The van der Waals surface area contributed by atoms with E-state index in [1.807, 2.05) is 6.07 Å². The molecule has 82 valence electrons. The van der Waals surface area contributed by atoms with Crippen molar-refractivity contribution in [3.63, 3.8) is 0 Å². The second-order valence-corrected chi connectivity index (χ2v) is 3.72. The molecule has 0 spiro atoms. The number of nitrogens with one attached hydrogen (secondary N) is 1. The number of esters is 1. The first-order valence-corrected chi connectivity index (χ1v) is 5.20. The molecule has 1 saturated heterocycles. The number of hydrogen-bond donors (Lipinski definition) is 1. The zero-order valence-electron chi connectivity index (χ0n) is 8.79. The van der Waals surface area contributed by atoms with Crippen molar-refractivity contribution >= 4 is 5.97 Å². The van der Waals surface area contributed by atoms with E-state index in [0.717, 1.165) is 31.7 Å². The van der Waals surface area contributed by atoms with Crippen LogP contribution >= 0.6 is 0 Å². The molecule has 15 heavy (non-hydrogen) atoms. The minimum atomic E-state index is -0.407. The lowest BCUT2D eigenvalue weighted by Crippen LogP contribution is -2.26. The fourth-order valence-corrected chi connectivity index (χ4v) is 1.89. The summed E-state index contributed by atoms with van der Waals surface area (Å²) in [4.78, 5) is 11.2. The average molecular weight is 209 g/mol. The molecule has 1 aromatic rings. The van der Waals surface area contributed by atoms with Gasteiger partial charge in [0.2, 0.25) is 5.76 Å². The van der Waals surface area contributed by atoms with Crippen molar-refractivity contribution in [2.45, 2.75) is 18.8 Å². The number of methoxy groups -OCH3 is 1. The third-order valence-electron chi connectivity index (χ3n) is 2.75. The van der Waals surface area contributed by atoms with Crippen molar-refractivity contribution in [2.75, 3.05) is 20.2 Å². The van der Waals surface area contributed by atoms with Crippen LogP contribution in [-0.4, -0.2) is 26.2 Å². The number of hydrogen-bond acceptors (Lipinski definition) is 4. The van der Waals surface area contributed by atoms with Crippen molar-refractivity contribution < 1.29 is 13.9 Å². The molecule has 0 unspecified atom stereocenters. The Labute approximate surface area is 88.6 Å². The van der Waals surface area contributed by atoms with E-state index in [9.17, 15) is 4.79 Å². The normalized spacial score (nSPS) is 17.7. The Morgan fingerprint density at radius 1 is 1.47 bits per heavy atom. The number of rotatable bonds is 2. The Balaban J connectivity index is 2.08. The monoisotopic (exact) mass is 209 g/mol. The van der Waals surface area contributed by atoms with Gasteiger partial charge in [0.1, 0.15) is 5.76 Å². The summed E-state index contributed by atoms with van der Waals surface area (Å²) in [5.74, 6) is 1.22. The Bertz CT molecular complexity index is 339. The summed E-state index contributed by atoms with van der Waals surface area (Å²) in [6, 6.07) is 3.56. The first kappa shape index (κ1) is 10.2. The van der Waals surface area contributed by atoms with Crippen LogP contribution in [0.3, 0.4) is 0 Å². The lowest BCUT2D eigenvalue weighted by Gasteiger charge is -2.20. The molecule has 0 bridgehead atoms. The van der Waals surface area contributed by atoms with E-state index >= 15 is 0 Å². The van der Waals surface area contributed by atoms with Crippen molar-refractivity contribution in [1.29, 1.82) is 0 Å². The largest absolute Gasteiger partial charge is 0.463 e. The maximum absolute atomic E-state index is 11.2. The van der Waals surface area contributed by atoms with Crippen LogP contribution < -0.4 is 5.32 Å². The van der Waals surface area contributed by atoms with Gasteiger partial charge in [-0.1, -0.05) is 0 Å². The number of carbonyl (C=O) groups is 1. The van der Waals surface area contributed by atoms with Gasteiger partial charge in [-0.15, -0.1) is 0 Å². The number of carbonyl (C=O) groups excluding carboxylic acids is 1. The van der Waals surface area contributed by atoms with Crippen LogP contribution in [-0.2, 0) is 4.74 Å². The summed E-state index contributed by atoms with van der Waals surface area (Å²) in [7, 11) is 1.36. The molecule has 2 rings (SSSR count). The van der Waals surface area contributed by atoms with E-state index in [1.54, 1.807) is 6.07 Å². The van der Waals surface area contributed by atoms with Crippen LogP contribution in [0.2, 0.25) is 0 Å². The Hall–Kier alpha value is -1.29. The maximum Gasteiger partial charge on any atom is 0.373 e. The van der Waals surface area contributed by atoms with Gasteiger partial charge < -0.3 is 14.5 Å². The third-order valence-corrected chi connectivity index (χ3v) is 2.75. The summed E-state index contributed by atoms with van der Waals surface area (Å²) < 4.78 is 10.1. The summed E-state index contributed by atoms with van der Waals surface area (Å²) in [5, 5.41) is 3.29. The lowest BCUT2D eigenvalue weighted by atomic mass is 9.96. The lowest BCUT2D eigenvalue weighted by molar-refractivity contribution is 0.0562. The van der Waals surface area contributed by atoms with Crippen LogP contribution in [0.5, 0.6) is 0 Å². The van der Waals surface area contributed by atoms with Crippen molar-refractivity contribution in [3.8, 4) is 0 Å². The van der Waals surface area contributed by atoms with E-state index in [2.05, 4.69) is 10.1 Å². The highest BCUT2D eigenvalue weighted by molar-refractivity contribution is 5.86. The number of furan rings is 1. The molecular formula is C11H15NO3. The highest BCUT2D eigenvalue weighted by Gasteiger charge is 2.20. The fourth-order valence-electron chi connectivity index (χ4n) is 1.89. The van der Waals surface area contributed by atoms with Gasteiger partial charge in [0, 0.05) is 5.92 Å². The van der Waals surface area contributed by atoms with Crippen molar-refractivity contribution in [1.82, 2.24) is 5.32 Å². The van der Waals surface area contributed by atoms with Crippen LogP contribution in [0.15, 0.2) is 16.5 Å². The van der Waals surface area contributed by atoms with Gasteiger partial charge in [-0.05, 0) is 38.1 Å². The molecule has 0 atom stereocenters. The Kier molecular flexibility index (Phi) is 3.06. The Morgan fingerprint density at radius 3 is 2.87 bits per heavy atom. The molecular weight excluding hydrogens is 194 g/mol. The molecule has 4 nitrogen and oxygen atoms in total. The van der Waals surface area contributed by atoms with Crippen LogP contribution in [0.4, 0.5) is 0 Å². The van der Waals surface area contributed by atoms with E-state index in [0.29, 0.717) is 11.7 Å². The second-order valence-electron chi connectivity index (χ2n) is 3.72. The van der Waals surface area contributed by atoms with E-state index in [1.165, 1.54) is 7.11 Å². The highest BCUT2D eigenvalue weighted by atomic mass is 16.5. The van der Waals surface area contributed by atoms with E-state index in [4.69, 9.17) is 4.42 Å². The quantitative estimate of drug-likeness (QED) is 0.750. The maximum atomic E-state index is 11.2. The topological polar surface area (TPSA) is 51.5 Å². The molecule has 4 heteroatoms. The predicted molar refractivity (Wildman–Crippen MR) is 54.9 cm³/mol. The van der Waals surface area contributed by atoms with Gasteiger partial charge in [-0.3, -0.25) is 0 Å². The molecule has 0 amide bonds. The van der Waals surface area contributed by atoms with Gasteiger partial charge in [0.05, 0.1) is 7.11 Å². The fraction of sp³-hybridized carbons (Fsp3) is 0.545. The molecule has 1 aliphatic rings. The molecule has 1 aromatic heterocycles. The minimum absolute atomic E-state index is 0.297. The standard InChI is InChI=1S/C11H15NO3/c1-14-11(13)10-3-2-9(15-10)8-4-6-12-7-5-8/h2-3,8,12H,4-7H2,1H3. The first-order valence-electron chi connectivity index (χ1n) is 5.20. The zero-order valence-corrected chi connectivity index (χ0v) is 8.79. The Morgan fingerprint density at radius 2 is 2.20 bits per heavy atom. The summed E-state index contributed by atoms with van der Waals surface area (Å²) in [6.45, 7) is 2.03. The predicted octanol–water partition coefficient (Wildman–Crippen LogP) is 1.53. The molecule has 1 N–H and O–H groups in total. The van der Waals surface area contributed by atoms with Gasteiger partial charge in [0.25, 0.3) is 0 Å². The highest BCUT2D eigenvalue weighted by Crippen LogP contribution is 2.26. The van der Waals surface area contributed by atoms with E-state index < -0.39 is 5.97 Å². The molecule has 2 heterocycles. The molecule has 1 aliphatic heterocycles. The minimum Gasteiger partial charge on any atom is -0.463 e. The van der Waals surface area contributed by atoms with Crippen LogP contribution in [0, 0.1) is 0 Å². The SMILES string of the molecule is COC(=O)c1ccc(C2CCNCC2)o1. The van der Waals surface area contributed by atoms with Crippen LogP contribution in [0.25, 0.3) is 0 Å². The van der Waals surface area contributed by atoms with Gasteiger partial charge in [-0.2, -0.15) is 0 Å². The van der Waals surface area contributed by atoms with Crippen molar-refractivity contribution in [3.05, 3.63) is 23.7 Å². The van der Waals surface area contributed by atoms with Gasteiger partial charge in [0.15, 0.2) is 0 Å². The zero-order chi connectivity index (χ0) is 10.7. The molecule has 0 aromatic carbocycles. The van der Waals surface area contributed by atoms with Gasteiger partial charge in [-0.25, -0.2) is 4.79 Å². The van der Waals surface area contributed by atoms with Crippen LogP contribution in [0.1, 0.15) is 35.1 Å². The summed E-state index contributed by atoms with van der Waals surface area (Å²) in [6.07, 6.45) is 2.13. The summed E-state index contributed by atoms with van der Waals surface area (Å²) in [5.41, 5.74) is 0. The third kappa shape index (κ3) is 2.21. The smallest absolute Gasteiger partial charge is 0.373 e. The molecule has 0 saturated carbocycles. The van der Waals surface area contributed by atoms with Crippen molar-refractivity contribution in [2.24, 2.45) is 0 Å². The second kappa shape index (κ2) is 4.49. The molecule has 0 radical (unpaired) electrons.